The Morgan fingerprint density at radius 1 is 0.923 bits per heavy atom. The van der Waals surface area contributed by atoms with Crippen LogP contribution in [0.2, 0.25) is 0 Å². The van der Waals surface area contributed by atoms with Crippen molar-refractivity contribution in [3.05, 3.63) is 0 Å². The second kappa shape index (κ2) is 10.6. The van der Waals surface area contributed by atoms with Crippen molar-refractivity contribution in [2.24, 2.45) is 0 Å². The highest BCUT2D eigenvalue weighted by Gasteiger charge is 1.86. The Hall–Kier alpha value is 0.560. The van der Waals surface area contributed by atoms with Crippen LogP contribution in [0.25, 0.3) is 0 Å². The van der Waals surface area contributed by atoms with Crippen molar-refractivity contribution >= 4 is 47.8 Å². The quantitative estimate of drug-likeness (QED) is 0.399. The topological polar surface area (TPSA) is 0 Å². The van der Waals surface area contributed by atoms with Crippen molar-refractivity contribution in [3.63, 3.8) is 0 Å². The van der Waals surface area contributed by atoms with Crippen molar-refractivity contribution in [2.75, 3.05) is 5.33 Å². The molecule has 0 nitrogen and oxygen atoms in total. The second-order valence-electron chi connectivity index (χ2n) is 2.32. The normalized spacial score (nSPS) is 8.62. The van der Waals surface area contributed by atoms with Gasteiger partial charge < -0.3 is 0 Å². The van der Waals surface area contributed by atoms with Crippen LogP contribution >= 0.6 is 47.8 Å². The molecule has 0 aromatic heterocycles. The smallest absolute Gasteiger partial charge is 0.102 e. The Morgan fingerprint density at radius 2 is 1.54 bits per heavy atom. The van der Waals surface area contributed by atoms with Gasteiger partial charge in [-0.05, 0) is 12.8 Å². The minimum atomic E-state index is 0.133. The predicted octanol–water partition coefficient (Wildman–Crippen LogP) is 4.06. The highest BCUT2D eigenvalue weighted by atomic mass is 79.9. The zero-order valence-corrected chi connectivity index (χ0v) is 12.0. The molecule has 0 spiro atoms. The largest absolute Gasteiger partial charge is 0.130 e. The Bertz CT molecular complexity index is 224. The fourth-order valence-corrected chi connectivity index (χ4v) is 1.23. The van der Waals surface area contributed by atoms with E-state index in [0.717, 1.165) is 31.0 Å². The van der Waals surface area contributed by atoms with E-state index in [-0.39, 0.29) is 3.74 Å². The van der Waals surface area contributed by atoms with Crippen molar-refractivity contribution in [3.8, 4) is 23.7 Å². The van der Waals surface area contributed by atoms with E-state index in [9.17, 15) is 0 Å². The molecule has 0 aliphatic heterocycles. The Morgan fingerprint density at radius 3 is 2.08 bits per heavy atom. The maximum Gasteiger partial charge on any atom is 0.130 e. The van der Waals surface area contributed by atoms with Gasteiger partial charge in [0.1, 0.15) is 3.74 Å². The fraction of sp³-hybridized carbons (Fsp3) is 0.600. The summed E-state index contributed by atoms with van der Waals surface area (Å²) in [7, 11) is 0. The first-order valence-electron chi connectivity index (χ1n) is 4.05. The molecule has 0 saturated carbocycles. The number of halogens is 3. The standard InChI is InChI=1S/C10H11Br3/c11-9-7-5-3-1-2-4-6-8-10(12)13/h10H,1-4,9H2. The van der Waals surface area contributed by atoms with Gasteiger partial charge in [-0.1, -0.05) is 59.6 Å². The summed E-state index contributed by atoms with van der Waals surface area (Å²) in [6.07, 6.45) is 4.23. The first-order valence-corrected chi connectivity index (χ1v) is 7.01. The molecule has 3 heteroatoms. The molecule has 0 rings (SSSR count). The van der Waals surface area contributed by atoms with Gasteiger partial charge in [-0.15, -0.1) is 11.8 Å². The SMILES string of the molecule is BrCC#CCCCCC#CC(Br)Br. The summed E-state index contributed by atoms with van der Waals surface area (Å²) in [5, 5.41) is 0.779. The summed E-state index contributed by atoms with van der Waals surface area (Å²) in [4.78, 5) is 0. The number of hydrogen-bond donors (Lipinski definition) is 0. The molecule has 0 amide bonds. The number of unbranched alkanes of at least 4 members (excludes halogenated alkanes) is 3. The van der Waals surface area contributed by atoms with Gasteiger partial charge in [-0.25, -0.2) is 0 Å². The maximum absolute atomic E-state index is 3.29. The average molecular weight is 371 g/mol. The van der Waals surface area contributed by atoms with Crippen LogP contribution in [0.3, 0.4) is 0 Å². The minimum Gasteiger partial charge on any atom is -0.102 e. The van der Waals surface area contributed by atoms with E-state index in [1.54, 1.807) is 0 Å². The zero-order chi connectivity index (χ0) is 9.94. The van der Waals surface area contributed by atoms with Gasteiger partial charge >= 0.3 is 0 Å². The molecule has 0 radical (unpaired) electrons. The molecule has 0 heterocycles. The molecule has 0 fully saturated rings. The summed E-state index contributed by atoms with van der Waals surface area (Å²) in [5.74, 6) is 12.1. The number of hydrogen-bond acceptors (Lipinski definition) is 0. The number of alkyl halides is 3. The third kappa shape index (κ3) is 12.6. The zero-order valence-electron chi connectivity index (χ0n) is 7.25. The second-order valence-corrected chi connectivity index (χ2v) is 5.94. The van der Waals surface area contributed by atoms with E-state index >= 15 is 0 Å². The van der Waals surface area contributed by atoms with E-state index in [4.69, 9.17) is 0 Å². The fourth-order valence-electron chi connectivity index (χ4n) is 0.712. The molecular formula is C10H11Br3. The first kappa shape index (κ1) is 13.6. The van der Waals surface area contributed by atoms with Crippen LogP contribution in [0, 0.1) is 23.7 Å². The van der Waals surface area contributed by atoms with Crippen molar-refractivity contribution in [2.45, 2.75) is 29.4 Å². The third-order valence-electron chi connectivity index (χ3n) is 1.26. The average Bonchev–Trinajstić information content (AvgIpc) is 2.09. The van der Waals surface area contributed by atoms with Gasteiger partial charge in [0.2, 0.25) is 0 Å². The third-order valence-corrected chi connectivity index (χ3v) is 1.99. The summed E-state index contributed by atoms with van der Waals surface area (Å²) in [6, 6.07) is 0. The number of rotatable bonds is 3. The molecule has 0 atom stereocenters. The molecule has 0 aliphatic rings. The lowest BCUT2D eigenvalue weighted by molar-refractivity contribution is 0.782. The molecule has 13 heavy (non-hydrogen) atoms. The summed E-state index contributed by atoms with van der Waals surface area (Å²) in [6.45, 7) is 0. The maximum atomic E-state index is 3.29. The predicted molar refractivity (Wildman–Crippen MR) is 69.5 cm³/mol. The van der Waals surface area contributed by atoms with E-state index < -0.39 is 0 Å². The van der Waals surface area contributed by atoms with Gasteiger partial charge in [0.25, 0.3) is 0 Å². The Labute approximate surface area is 106 Å². The summed E-state index contributed by atoms with van der Waals surface area (Å²) in [5.41, 5.74) is 0. The van der Waals surface area contributed by atoms with Crippen molar-refractivity contribution in [1.29, 1.82) is 0 Å². The van der Waals surface area contributed by atoms with Crippen LogP contribution in [-0.2, 0) is 0 Å². The lowest BCUT2D eigenvalue weighted by atomic mass is 10.2. The van der Waals surface area contributed by atoms with Crippen LogP contribution in [0.15, 0.2) is 0 Å². The van der Waals surface area contributed by atoms with Crippen molar-refractivity contribution < 1.29 is 0 Å². The minimum absolute atomic E-state index is 0.133. The summed E-state index contributed by atoms with van der Waals surface area (Å²) >= 11 is 9.84. The monoisotopic (exact) mass is 368 g/mol. The highest BCUT2D eigenvalue weighted by molar-refractivity contribution is 9.24. The van der Waals surface area contributed by atoms with Crippen LogP contribution in [0.4, 0.5) is 0 Å². The van der Waals surface area contributed by atoms with Gasteiger partial charge in [-0.3, -0.25) is 0 Å². The molecule has 0 aromatic carbocycles. The molecule has 0 aromatic rings. The molecule has 0 N–H and O–H groups in total. The van der Waals surface area contributed by atoms with Crippen LogP contribution < -0.4 is 0 Å². The Balaban J connectivity index is 3.23. The van der Waals surface area contributed by atoms with E-state index in [0.29, 0.717) is 0 Å². The molecule has 72 valence electrons. The molecule has 0 aliphatic carbocycles. The van der Waals surface area contributed by atoms with Crippen LogP contribution in [0.5, 0.6) is 0 Å². The van der Waals surface area contributed by atoms with Crippen LogP contribution in [-0.4, -0.2) is 9.07 Å². The van der Waals surface area contributed by atoms with Gasteiger partial charge in [0.15, 0.2) is 0 Å². The van der Waals surface area contributed by atoms with E-state index in [1.165, 1.54) is 0 Å². The van der Waals surface area contributed by atoms with E-state index in [1.807, 2.05) is 0 Å². The van der Waals surface area contributed by atoms with E-state index in [2.05, 4.69) is 71.5 Å². The Kier molecular flexibility index (Phi) is 11.1. The van der Waals surface area contributed by atoms with Crippen LogP contribution in [0.1, 0.15) is 25.7 Å². The molecule has 0 bridgehead atoms. The molecular weight excluding hydrogens is 360 g/mol. The molecule has 0 unspecified atom stereocenters. The van der Waals surface area contributed by atoms with Gasteiger partial charge in [0, 0.05) is 12.8 Å². The first-order chi connectivity index (χ1) is 6.27. The van der Waals surface area contributed by atoms with Crippen molar-refractivity contribution in [1.82, 2.24) is 0 Å². The highest BCUT2D eigenvalue weighted by Crippen LogP contribution is 2.05. The lowest BCUT2D eigenvalue weighted by Gasteiger charge is -1.89. The summed E-state index contributed by atoms with van der Waals surface area (Å²) < 4.78 is 0.133. The van der Waals surface area contributed by atoms with Gasteiger partial charge in [-0.2, -0.15) is 0 Å². The lowest BCUT2D eigenvalue weighted by Crippen LogP contribution is -1.77. The molecule has 0 saturated heterocycles. The van der Waals surface area contributed by atoms with Gasteiger partial charge in [0.05, 0.1) is 5.33 Å².